The van der Waals surface area contributed by atoms with Crippen LogP contribution in [0.2, 0.25) is 0 Å². The number of aromatic nitrogens is 3. The minimum absolute atomic E-state index is 0.379. The summed E-state index contributed by atoms with van der Waals surface area (Å²) in [5.41, 5.74) is 40.6. The molecule has 510 valence electrons. The number of benzene rings is 16. The number of para-hydroxylation sites is 3. The predicted octanol–water partition coefficient (Wildman–Crippen LogP) is 27.9. The van der Waals surface area contributed by atoms with Crippen molar-refractivity contribution < 1.29 is 0 Å². The third-order valence-corrected chi connectivity index (χ3v) is 24.9. The van der Waals surface area contributed by atoms with Crippen molar-refractivity contribution in [1.29, 1.82) is 0 Å². The molecule has 0 unspecified atom stereocenters. The minimum atomic E-state index is -0.379. The largest absolute Gasteiger partial charge is 0.309 e. The maximum Gasteiger partial charge on any atom is 0.0541 e. The lowest BCUT2D eigenvalue weighted by Gasteiger charge is -2.31. The monoisotopic (exact) mass is 1380 g/mol. The fraction of sp³-hybridized carbons (Fsp3) is 0.0857. The Morgan fingerprint density at radius 1 is 0.176 bits per heavy atom. The van der Waals surface area contributed by atoms with E-state index in [1.54, 1.807) is 0 Å². The zero-order valence-electron chi connectivity index (χ0n) is 61.3. The van der Waals surface area contributed by atoms with Crippen molar-refractivity contribution in [1.82, 2.24) is 13.7 Å². The van der Waals surface area contributed by atoms with E-state index in [4.69, 9.17) is 0 Å². The van der Waals surface area contributed by atoms with Crippen LogP contribution in [0.15, 0.2) is 346 Å². The van der Waals surface area contributed by atoms with Crippen molar-refractivity contribution in [2.24, 2.45) is 0 Å². The topological polar surface area (TPSA) is 14.8 Å². The summed E-state index contributed by atoms with van der Waals surface area (Å²) < 4.78 is 7.33. The summed E-state index contributed by atoms with van der Waals surface area (Å²) in [4.78, 5) is 0. The van der Waals surface area contributed by atoms with Crippen LogP contribution in [0.4, 0.5) is 0 Å². The van der Waals surface area contributed by atoms with E-state index in [9.17, 15) is 0 Å². The summed E-state index contributed by atoms with van der Waals surface area (Å²) in [6.45, 7) is 15.1. The van der Waals surface area contributed by atoms with Gasteiger partial charge in [0, 0.05) is 65.6 Å². The van der Waals surface area contributed by atoms with Crippen LogP contribution in [0, 0.1) is 0 Å². The third kappa shape index (κ3) is 8.97. The van der Waals surface area contributed by atoms with Crippen LogP contribution < -0.4 is 0 Å². The Labute approximate surface area is 629 Å². The number of fused-ring (bicyclic) bond motifs is 21. The lowest BCUT2D eigenvalue weighted by molar-refractivity contribution is 0.636. The number of rotatable bonds is 9. The Bertz CT molecular complexity index is 6310. The second-order valence-electron chi connectivity index (χ2n) is 31.9. The Hall–Kier alpha value is -13.1. The van der Waals surface area contributed by atoms with Gasteiger partial charge in [-0.25, -0.2) is 0 Å². The van der Waals surface area contributed by atoms with Gasteiger partial charge in [0.25, 0.3) is 0 Å². The Morgan fingerprint density at radius 3 is 0.583 bits per heavy atom. The SMILES string of the molecule is CC1(C)c2ccc(-c3ccc4c(c3)c3cc(-c5ccccc5)ccc3n4-c3ccccc3)cc2-c2c1c1c(c3c2C(C)(C)c2ccc(-c4ccc5c(c4)c4cc(-c6ccccc6)ccc4n5-c4ccccc4)cc2-3)C(C)(C)c2ccc(-c3ccc4c(c3)c3cc(-c5ccccc5)ccc3n4-c3ccccc3)cc2-1. The standard InChI is InChI=1S/C105H75N3/c1-103(2)88-46-37-70(73-43-52-94-82(58-73)79-55-67(64-25-13-7-14-26-64)40-49-91(79)106(94)76-31-19-10-20-32-76)61-85(88)97-100(103)98-86-62-71(74-44-53-95-83(59-74)80-56-68(65-27-15-8-16-28-65)41-50-92(80)107(95)77-33-21-11-22-34-77)38-47-89(86)104(3,4)102(98)99-87-63-72(39-48-90(87)105(5,6)101(97)99)75-45-54-96-84(60-75)81-57-69(66-29-17-9-18-30-66)42-51-93(81)108(96)78-35-23-12-24-36-78/h7-63H,1-6H3. The second-order valence-corrected chi connectivity index (χ2v) is 31.9. The molecule has 3 heterocycles. The van der Waals surface area contributed by atoms with Crippen molar-refractivity contribution in [3.63, 3.8) is 0 Å². The molecule has 108 heavy (non-hydrogen) atoms. The zero-order valence-corrected chi connectivity index (χ0v) is 61.3. The molecule has 19 aromatic rings. The summed E-state index contributed by atoms with van der Waals surface area (Å²) >= 11 is 0. The van der Waals surface area contributed by atoms with Crippen molar-refractivity contribution in [2.45, 2.75) is 57.8 Å². The van der Waals surface area contributed by atoms with Gasteiger partial charge in [0.2, 0.25) is 0 Å². The van der Waals surface area contributed by atoms with Crippen LogP contribution in [0.3, 0.4) is 0 Å². The molecule has 0 radical (unpaired) electrons. The first-order chi connectivity index (χ1) is 52.8. The number of hydrogen-bond acceptors (Lipinski definition) is 0. The van der Waals surface area contributed by atoms with Crippen LogP contribution in [0.1, 0.15) is 74.9 Å². The van der Waals surface area contributed by atoms with Crippen molar-refractivity contribution >= 4 is 65.4 Å². The molecule has 3 aliphatic rings. The average molecular weight is 1380 g/mol. The van der Waals surface area contributed by atoms with Crippen molar-refractivity contribution in [3.8, 4) is 117 Å². The van der Waals surface area contributed by atoms with E-state index in [1.807, 2.05) is 0 Å². The fourth-order valence-electron chi connectivity index (χ4n) is 19.9. The molecule has 0 amide bonds. The molecule has 0 N–H and O–H groups in total. The summed E-state index contributed by atoms with van der Waals surface area (Å²) in [6.07, 6.45) is 0. The van der Waals surface area contributed by atoms with Gasteiger partial charge in [-0.3, -0.25) is 0 Å². The first kappa shape index (κ1) is 62.3. The van der Waals surface area contributed by atoms with Gasteiger partial charge in [0.05, 0.1) is 33.1 Å². The summed E-state index contributed by atoms with van der Waals surface area (Å²) in [6, 6.07) is 130. The quantitative estimate of drug-likeness (QED) is 0.137. The molecule has 0 saturated carbocycles. The molecule has 0 bridgehead atoms. The summed E-state index contributed by atoms with van der Waals surface area (Å²) in [7, 11) is 0. The lowest BCUT2D eigenvalue weighted by Crippen LogP contribution is -2.22. The zero-order chi connectivity index (χ0) is 72.1. The summed E-state index contributed by atoms with van der Waals surface area (Å²) in [5, 5.41) is 7.44. The van der Waals surface area contributed by atoms with Crippen LogP contribution in [-0.4, -0.2) is 13.7 Å². The molecule has 16 aromatic carbocycles. The van der Waals surface area contributed by atoms with Crippen LogP contribution in [-0.2, 0) is 16.2 Å². The van der Waals surface area contributed by atoms with Crippen LogP contribution in [0.5, 0.6) is 0 Å². The molecule has 0 aliphatic heterocycles. The number of hydrogen-bond donors (Lipinski definition) is 0. The molecular formula is C105H75N3. The normalized spacial score (nSPS) is 14.1. The molecule has 0 atom stereocenters. The van der Waals surface area contributed by atoms with E-state index < -0.39 is 0 Å². The van der Waals surface area contributed by atoms with Crippen molar-refractivity contribution in [3.05, 3.63) is 379 Å². The maximum atomic E-state index is 2.58. The van der Waals surface area contributed by atoms with E-state index in [2.05, 4.69) is 401 Å². The molecule has 3 aliphatic carbocycles. The highest BCUT2D eigenvalue weighted by molar-refractivity contribution is 6.15. The van der Waals surface area contributed by atoms with Gasteiger partial charge in [-0.05, 0) is 261 Å². The van der Waals surface area contributed by atoms with Gasteiger partial charge in [-0.15, -0.1) is 0 Å². The molecule has 3 aromatic heterocycles. The van der Waals surface area contributed by atoms with Gasteiger partial charge in [-0.2, -0.15) is 0 Å². The third-order valence-electron chi connectivity index (χ3n) is 24.9. The maximum absolute atomic E-state index is 2.58. The Balaban J connectivity index is 0.769. The minimum Gasteiger partial charge on any atom is -0.309 e. The molecule has 3 nitrogen and oxygen atoms in total. The highest BCUT2D eigenvalue weighted by Gasteiger charge is 2.53. The van der Waals surface area contributed by atoms with Gasteiger partial charge >= 0.3 is 0 Å². The molecule has 0 fully saturated rings. The van der Waals surface area contributed by atoms with E-state index in [-0.39, 0.29) is 16.2 Å². The van der Waals surface area contributed by atoms with Gasteiger partial charge in [0.15, 0.2) is 0 Å². The van der Waals surface area contributed by atoms with E-state index in [1.165, 1.54) is 199 Å². The van der Waals surface area contributed by atoms with Gasteiger partial charge < -0.3 is 13.7 Å². The lowest BCUT2D eigenvalue weighted by atomic mass is 9.71. The average Bonchev–Trinajstić information content (AvgIpc) is 1.49. The highest BCUT2D eigenvalue weighted by Crippen LogP contribution is 2.68. The molecular weight excluding hydrogens is 1300 g/mol. The van der Waals surface area contributed by atoms with Crippen LogP contribution in [0.25, 0.3) is 183 Å². The fourth-order valence-corrected chi connectivity index (χ4v) is 19.9. The molecule has 22 rings (SSSR count). The number of nitrogens with zero attached hydrogens (tertiary/aromatic N) is 3. The summed E-state index contributed by atoms with van der Waals surface area (Å²) in [5.74, 6) is 0. The second kappa shape index (κ2) is 23.0. The van der Waals surface area contributed by atoms with Gasteiger partial charge in [0.1, 0.15) is 0 Å². The first-order valence-electron chi connectivity index (χ1n) is 38.1. The van der Waals surface area contributed by atoms with Gasteiger partial charge in [-0.1, -0.05) is 260 Å². The molecule has 3 heteroatoms. The first-order valence-corrected chi connectivity index (χ1v) is 38.1. The van der Waals surface area contributed by atoms with Crippen LogP contribution >= 0.6 is 0 Å². The van der Waals surface area contributed by atoms with E-state index in [0.29, 0.717) is 0 Å². The smallest absolute Gasteiger partial charge is 0.0541 e. The molecule has 0 spiro atoms. The van der Waals surface area contributed by atoms with E-state index in [0.717, 1.165) is 17.1 Å². The Kier molecular flexibility index (Phi) is 13.2. The molecule has 0 saturated heterocycles. The predicted molar refractivity (Wildman–Crippen MR) is 455 cm³/mol. The Morgan fingerprint density at radius 2 is 0.361 bits per heavy atom. The van der Waals surface area contributed by atoms with E-state index >= 15 is 0 Å². The van der Waals surface area contributed by atoms with Crippen molar-refractivity contribution in [2.75, 3.05) is 0 Å². The highest BCUT2D eigenvalue weighted by atomic mass is 15.0.